The van der Waals surface area contributed by atoms with E-state index in [-0.39, 0.29) is 12.0 Å². The van der Waals surface area contributed by atoms with Gasteiger partial charge in [0.05, 0.1) is 0 Å². The monoisotopic (exact) mass is 259 g/mol. The number of carbonyl (C=O) groups excluding carboxylic acids is 1. The van der Waals surface area contributed by atoms with Gasteiger partial charge in [-0.3, -0.25) is 4.79 Å². The molecule has 1 aromatic carbocycles. The van der Waals surface area contributed by atoms with E-state index in [9.17, 15) is 4.79 Å². The summed E-state index contributed by atoms with van der Waals surface area (Å²) in [4.78, 5) is 13.3. The van der Waals surface area contributed by atoms with E-state index in [1.54, 1.807) is 0 Å². The van der Waals surface area contributed by atoms with Crippen LogP contribution in [0.3, 0.4) is 0 Å². The molecule has 1 fully saturated rings. The van der Waals surface area contributed by atoms with Gasteiger partial charge in [0.15, 0.2) is 0 Å². The lowest BCUT2D eigenvalue weighted by Crippen LogP contribution is -2.41. The van der Waals surface area contributed by atoms with Crippen LogP contribution in [0.25, 0.3) is 0 Å². The van der Waals surface area contributed by atoms with Crippen molar-refractivity contribution in [2.75, 3.05) is 13.1 Å². The van der Waals surface area contributed by atoms with Crippen molar-refractivity contribution in [2.45, 2.75) is 32.8 Å². The Balaban J connectivity index is 1.96. The normalized spacial score (nSPS) is 16.2. The minimum absolute atomic E-state index is 0.0190. The zero-order valence-electron chi connectivity index (χ0n) is 11.7. The summed E-state index contributed by atoms with van der Waals surface area (Å²) in [6.45, 7) is 9.16. The Bertz CT molecular complexity index is 453. The van der Waals surface area contributed by atoms with E-state index < -0.39 is 0 Å². The Kier molecular flexibility index (Phi) is 4.25. The summed E-state index contributed by atoms with van der Waals surface area (Å²) >= 11 is 0. The summed E-state index contributed by atoms with van der Waals surface area (Å²) in [5.74, 6) is 1.02. The smallest absolute Gasteiger partial charge is 0.245 e. The lowest BCUT2D eigenvalue weighted by Gasteiger charge is -2.32. The predicted molar refractivity (Wildman–Crippen MR) is 76.3 cm³/mol. The molecular weight excluding hydrogens is 238 g/mol. The van der Waals surface area contributed by atoms with E-state index in [2.05, 4.69) is 32.6 Å². The van der Waals surface area contributed by atoms with Crippen molar-refractivity contribution < 1.29 is 9.53 Å². The van der Waals surface area contributed by atoms with Crippen LogP contribution in [0.5, 0.6) is 5.75 Å². The average Bonchev–Trinajstić information content (AvgIpc) is 2.43. The Hall–Kier alpha value is -1.77. The van der Waals surface area contributed by atoms with Crippen molar-refractivity contribution in [1.82, 2.24) is 4.90 Å². The number of hydrogen-bond donors (Lipinski definition) is 0. The molecule has 0 spiro atoms. The molecule has 3 heteroatoms. The largest absolute Gasteiger partial charge is 0.490 e. The van der Waals surface area contributed by atoms with Gasteiger partial charge >= 0.3 is 0 Å². The fourth-order valence-electron chi connectivity index (χ4n) is 2.47. The molecule has 3 nitrogen and oxygen atoms in total. The maximum absolute atomic E-state index is 11.5. The number of aryl methyl sites for hydroxylation is 2. The summed E-state index contributed by atoms with van der Waals surface area (Å²) in [7, 11) is 0. The van der Waals surface area contributed by atoms with Crippen LogP contribution < -0.4 is 4.74 Å². The molecule has 1 aliphatic rings. The standard InChI is InChI=1S/C16H21NO2/c1-4-15(18)17-10-8-14(9-11-17)19-16-12(2)6-5-7-13(16)3/h4-7,14H,1,8-11H2,2-3H3. The van der Waals surface area contributed by atoms with E-state index in [1.165, 1.54) is 17.2 Å². The third-order valence-corrected chi connectivity index (χ3v) is 3.62. The summed E-state index contributed by atoms with van der Waals surface area (Å²) in [6.07, 6.45) is 3.35. The fraction of sp³-hybridized carbons (Fsp3) is 0.438. The van der Waals surface area contributed by atoms with Crippen molar-refractivity contribution in [2.24, 2.45) is 0 Å². The van der Waals surface area contributed by atoms with Gasteiger partial charge in [-0.15, -0.1) is 0 Å². The molecule has 1 amide bonds. The maximum Gasteiger partial charge on any atom is 0.245 e. The third kappa shape index (κ3) is 3.16. The molecule has 0 saturated carbocycles. The van der Waals surface area contributed by atoms with Gasteiger partial charge < -0.3 is 9.64 Å². The van der Waals surface area contributed by atoms with Crippen LogP contribution in [0, 0.1) is 13.8 Å². The molecule has 0 aromatic heterocycles. The zero-order valence-corrected chi connectivity index (χ0v) is 11.7. The quantitative estimate of drug-likeness (QED) is 0.781. The second kappa shape index (κ2) is 5.91. The zero-order chi connectivity index (χ0) is 13.8. The number of nitrogens with zero attached hydrogens (tertiary/aromatic N) is 1. The number of amides is 1. The highest BCUT2D eigenvalue weighted by Gasteiger charge is 2.23. The van der Waals surface area contributed by atoms with E-state index in [4.69, 9.17) is 4.74 Å². The van der Waals surface area contributed by atoms with Crippen molar-refractivity contribution in [1.29, 1.82) is 0 Å². The number of carbonyl (C=O) groups is 1. The van der Waals surface area contributed by atoms with Gasteiger partial charge in [-0.05, 0) is 31.1 Å². The average molecular weight is 259 g/mol. The molecule has 0 N–H and O–H groups in total. The van der Waals surface area contributed by atoms with Gasteiger partial charge in [-0.1, -0.05) is 24.8 Å². The van der Waals surface area contributed by atoms with E-state index in [0.29, 0.717) is 0 Å². The highest BCUT2D eigenvalue weighted by atomic mass is 16.5. The minimum Gasteiger partial charge on any atom is -0.490 e. The van der Waals surface area contributed by atoms with E-state index in [1.807, 2.05) is 11.0 Å². The van der Waals surface area contributed by atoms with Crippen LogP contribution in [0.1, 0.15) is 24.0 Å². The van der Waals surface area contributed by atoms with Crippen LogP contribution in [0.15, 0.2) is 30.9 Å². The predicted octanol–water partition coefficient (Wildman–Crippen LogP) is 2.86. The lowest BCUT2D eigenvalue weighted by molar-refractivity contribution is -0.127. The second-order valence-corrected chi connectivity index (χ2v) is 5.07. The Morgan fingerprint density at radius 1 is 1.32 bits per heavy atom. The van der Waals surface area contributed by atoms with Gasteiger partial charge in [0.2, 0.25) is 5.91 Å². The number of likely N-dealkylation sites (tertiary alicyclic amines) is 1. The highest BCUT2D eigenvalue weighted by molar-refractivity contribution is 5.87. The van der Waals surface area contributed by atoms with Gasteiger partial charge in [-0.2, -0.15) is 0 Å². The van der Waals surface area contributed by atoms with Crippen LogP contribution in [-0.4, -0.2) is 30.0 Å². The van der Waals surface area contributed by atoms with Crippen molar-refractivity contribution in [3.8, 4) is 5.75 Å². The molecule has 19 heavy (non-hydrogen) atoms. The summed E-state index contributed by atoms with van der Waals surface area (Å²) < 4.78 is 6.11. The first-order chi connectivity index (χ1) is 9.11. The fourth-order valence-corrected chi connectivity index (χ4v) is 2.47. The molecule has 0 aliphatic carbocycles. The number of piperidine rings is 1. The van der Waals surface area contributed by atoms with Crippen LogP contribution >= 0.6 is 0 Å². The minimum atomic E-state index is 0.0190. The number of hydrogen-bond acceptors (Lipinski definition) is 2. The number of benzene rings is 1. The van der Waals surface area contributed by atoms with Crippen molar-refractivity contribution >= 4 is 5.91 Å². The lowest BCUT2D eigenvalue weighted by atomic mass is 10.1. The van der Waals surface area contributed by atoms with Gasteiger partial charge in [0.25, 0.3) is 0 Å². The molecular formula is C16H21NO2. The molecule has 0 atom stereocenters. The molecule has 0 unspecified atom stereocenters. The van der Waals surface area contributed by atoms with Crippen molar-refractivity contribution in [3.05, 3.63) is 42.0 Å². The first-order valence-corrected chi connectivity index (χ1v) is 6.76. The summed E-state index contributed by atoms with van der Waals surface area (Å²) in [6, 6.07) is 6.18. The molecule has 0 bridgehead atoms. The van der Waals surface area contributed by atoms with Gasteiger partial charge in [-0.25, -0.2) is 0 Å². The molecule has 1 saturated heterocycles. The Morgan fingerprint density at radius 2 is 1.89 bits per heavy atom. The molecule has 1 aromatic rings. The molecule has 2 rings (SSSR count). The number of rotatable bonds is 3. The summed E-state index contributed by atoms with van der Waals surface area (Å²) in [5, 5.41) is 0. The number of para-hydroxylation sites is 1. The molecule has 102 valence electrons. The van der Waals surface area contributed by atoms with E-state index in [0.717, 1.165) is 31.7 Å². The summed E-state index contributed by atoms with van der Waals surface area (Å²) in [5.41, 5.74) is 2.34. The molecule has 1 aliphatic heterocycles. The van der Waals surface area contributed by atoms with Crippen LogP contribution in [0.4, 0.5) is 0 Å². The Morgan fingerprint density at radius 3 is 2.42 bits per heavy atom. The van der Waals surface area contributed by atoms with Crippen LogP contribution in [-0.2, 0) is 4.79 Å². The third-order valence-electron chi connectivity index (χ3n) is 3.62. The van der Waals surface area contributed by atoms with Gasteiger partial charge in [0, 0.05) is 25.9 Å². The Labute approximate surface area is 114 Å². The topological polar surface area (TPSA) is 29.5 Å². The van der Waals surface area contributed by atoms with Crippen molar-refractivity contribution in [3.63, 3.8) is 0 Å². The maximum atomic E-state index is 11.5. The molecule has 1 heterocycles. The van der Waals surface area contributed by atoms with Crippen LogP contribution in [0.2, 0.25) is 0 Å². The van der Waals surface area contributed by atoms with Gasteiger partial charge in [0.1, 0.15) is 11.9 Å². The molecule has 0 radical (unpaired) electrons. The first kappa shape index (κ1) is 13.7. The first-order valence-electron chi connectivity index (χ1n) is 6.76. The van der Waals surface area contributed by atoms with E-state index >= 15 is 0 Å². The second-order valence-electron chi connectivity index (χ2n) is 5.07. The highest BCUT2D eigenvalue weighted by Crippen LogP contribution is 2.26. The SMILES string of the molecule is C=CC(=O)N1CCC(Oc2c(C)cccc2C)CC1. The number of ether oxygens (including phenoxy) is 1.